The van der Waals surface area contributed by atoms with E-state index in [1.807, 2.05) is 6.92 Å². The van der Waals surface area contributed by atoms with Gasteiger partial charge >= 0.3 is 0 Å². The van der Waals surface area contributed by atoms with Crippen LogP contribution in [0.2, 0.25) is 0 Å². The molecule has 0 fully saturated rings. The maximum atomic E-state index is 7.19. The van der Waals surface area contributed by atoms with Gasteiger partial charge in [-0.2, -0.15) is 0 Å². The molecule has 0 rings (SSSR count). The SMILES string of the molecule is CCC(N)=C(C=N)C(C)(C)C. The first-order valence-corrected chi connectivity index (χ1v) is 3.93. The van der Waals surface area contributed by atoms with Crippen molar-refractivity contribution in [2.75, 3.05) is 0 Å². The molecule has 0 unspecified atom stereocenters. The maximum Gasteiger partial charge on any atom is 0.0232 e. The number of nitrogens with two attached hydrogens (primary N) is 1. The lowest BCUT2D eigenvalue weighted by atomic mass is 9.85. The highest BCUT2D eigenvalue weighted by Crippen LogP contribution is 2.25. The van der Waals surface area contributed by atoms with Crippen molar-refractivity contribution < 1.29 is 0 Å². The molecule has 0 spiro atoms. The van der Waals surface area contributed by atoms with Crippen LogP contribution in [0.3, 0.4) is 0 Å². The molecule has 0 aromatic rings. The Morgan fingerprint density at radius 2 is 1.91 bits per heavy atom. The van der Waals surface area contributed by atoms with Gasteiger partial charge in [0.25, 0.3) is 0 Å². The number of nitrogens with one attached hydrogen (secondary N) is 1. The van der Waals surface area contributed by atoms with Gasteiger partial charge in [-0.25, -0.2) is 0 Å². The normalized spacial score (nSPS) is 14.2. The van der Waals surface area contributed by atoms with Crippen LogP contribution < -0.4 is 5.73 Å². The van der Waals surface area contributed by atoms with Gasteiger partial charge < -0.3 is 11.1 Å². The molecule has 0 saturated carbocycles. The van der Waals surface area contributed by atoms with Crippen molar-refractivity contribution >= 4 is 6.21 Å². The third-order valence-corrected chi connectivity index (χ3v) is 1.68. The summed E-state index contributed by atoms with van der Waals surface area (Å²) in [6.07, 6.45) is 2.18. The molecule has 0 aliphatic heterocycles. The predicted octanol–water partition coefficient (Wildman–Crippen LogP) is 2.30. The maximum absolute atomic E-state index is 7.19. The van der Waals surface area contributed by atoms with Gasteiger partial charge in [0.1, 0.15) is 0 Å². The molecule has 0 radical (unpaired) electrons. The minimum Gasteiger partial charge on any atom is -0.402 e. The van der Waals surface area contributed by atoms with Crippen LogP contribution in [-0.4, -0.2) is 6.21 Å². The molecule has 0 heterocycles. The zero-order chi connectivity index (χ0) is 9.07. The monoisotopic (exact) mass is 154 g/mol. The van der Waals surface area contributed by atoms with E-state index in [4.69, 9.17) is 11.1 Å². The van der Waals surface area contributed by atoms with Crippen LogP contribution in [0, 0.1) is 10.8 Å². The van der Waals surface area contributed by atoms with Crippen LogP contribution in [0.25, 0.3) is 0 Å². The highest BCUT2D eigenvalue weighted by molar-refractivity contribution is 5.78. The molecule has 0 aromatic carbocycles. The van der Waals surface area contributed by atoms with Gasteiger partial charge in [0, 0.05) is 11.9 Å². The van der Waals surface area contributed by atoms with E-state index in [0.29, 0.717) is 0 Å². The summed E-state index contributed by atoms with van der Waals surface area (Å²) in [5.74, 6) is 0. The van der Waals surface area contributed by atoms with Gasteiger partial charge in [0.2, 0.25) is 0 Å². The van der Waals surface area contributed by atoms with Gasteiger partial charge in [0.15, 0.2) is 0 Å². The van der Waals surface area contributed by atoms with Crippen LogP contribution in [-0.2, 0) is 0 Å². The average Bonchev–Trinajstić information content (AvgIpc) is 1.86. The van der Waals surface area contributed by atoms with Crippen LogP contribution >= 0.6 is 0 Å². The Hall–Kier alpha value is -0.790. The second-order valence-corrected chi connectivity index (χ2v) is 3.69. The van der Waals surface area contributed by atoms with Gasteiger partial charge in [-0.15, -0.1) is 0 Å². The zero-order valence-electron chi connectivity index (χ0n) is 7.86. The summed E-state index contributed by atoms with van der Waals surface area (Å²) in [5, 5.41) is 7.19. The Bertz CT molecular complexity index is 172. The minimum absolute atomic E-state index is 0.00183. The Labute approximate surface area is 69.0 Å². The van der Waals surface area contributed by atoms with Gasteiger partial charge in [-0.05, 0) is 17.4 Å². The number of rotatable bonds is 2. The second kappa shape index (κ2) is 3.56. The van der Waals surface area contributed by atoms with Crippen molar-refractivity contribution in [2.45, 2.75) is 34.1 Å². The lowest BCUT2D eigenvalue weighted by Crippen LogP contribution is -2.16. The molecule has 11 heavy (non-hydrogen) atoms. The van der Waals surface area contributed by atoms with Gasteiger partial charge in [-0.3, -0.25) is 0 Å². The first kappa shape index (κ1) is 10.2. The van der Waals surface area contributed by atoms with Crippen LogP contribution in [0.1, 0.15) is 34.1 Å². The summed E-state index contributed by atoms with van der Waals surface area (Å²) in [7, 11) is 0. The largest absolute Gasteiger partial charge is 0.402 e. The topological polar surface area (TPSA) is 49.9 Å². The highest BCUT2D eigenvalue weighted by atomic mass is 14.6. The fraction of sp³-hybridized carbons (Fsp3) is 0.667. The van der Waals surface area contributed by atoms with Crippen molar-refractivity contribution in [1.29, 1.82) is 5.41 Å². The molecule has 0 amide bonds. The van der Waals surface area contributed by atoms with E-state index in [-0.39, 0.29) is 5.41 Å². The molecule has 0 bridgehead atoms. The third-order valence-electron chi connectivity index (χ3n) is 1.68. The van der Waals surface area contributed by atoms with Crippen LogP contribution in [0.5, 0.6) is 0 Å². The van der Waals surface area contributed by atoms with E-state index < -0.39 is 0 Å². The second-order valence-electron chi connectivity index (χ2n) is 3.69. The van der Waals surface area contributed by atoms with Gasteiger partial charge in [-0.1, -0.05) is 27.7 Å². The van der Waals surface area contributed by atoms with E-state index >= 15 is 0 Å². The molecule has 0 aliphatic rings. The molecule has 0 aliphatic carbocycles. The van der Waals surface area contributed by atoms with Crippen molar-refractivity contribution in [3.63, 3.8) is 0 Å². The number of hydrogen-bond acceptors (Lipinski definition) is 2. The summed E-state index contributed by atoms with van der Waals surface area (Å²) in [4.78, 5) is 0. The molecule has 2 heteroatoms. The lowest BCUT2D eigenvalue weighted by molar-refractivity contribution is 0.518. The summed E-state index contributed by atoms with van der Waals surface area (Å²) in [5.41, 5.74) is 7.51. The van der Waals surface area contributed by atoms with E-state index in [1.165, 1.54) is 6.21 Å². The smallest absolute Gasteiger partial charge is 0.0232 e. The van der Waals surface area contributed by atoms with Crippen molar-refractivity contribution in [1.82, 2.24) is 0 Å². The highest BCUT2D eigenvalue weighted by Gasteiger charge is 2.17. The Morgan fingerprint density at radius 1 is 1.45 bits per heavy atom. The predicted molar refractivity (Wildman–Crippen MR) is 49.7 cm³/mol. The fourth-order valence-corrected chi connectivity index (χ4v) is 0.981. The summed E-state index contributed by atoms with van der Waals surface area (Å²) in [6.45, 7) is 8.20. The molecule has 0 aromatic heterocycles. The van der Waals surface area contributed by atoms with E-state index in [1.54, 1.807) is 0 Å². The number of allylic oxidation sites excluding steroid dienone is 2. The molecular weight excluding hydrogens is 136 g/mol. The average molecular weight is 154 g/mol. The Morgan fingerprint density at radius 3 is 2.00 bits per heavy atom. The lowest BCUT2D eigenvalue weighted by Gasteiger charge is -2.21. The minimum atomic E-state index is 0.00183. The first-order valence-electron chi connectivity index (χ1n) is 3.93. The zero-order valence-corrected chi connectivity index (χ0v) is 7.86. The van der Waals surface area contributed by atoms with E-state index in [9.17, 15) is 0 Å². The molecule has 64 valence electrons. The fourth-order valence-electron chi connectivity index (χ4n) is 0.981. The molecule has 3 N–H and O–H groups in total. The number of hydrogen-bond donors (Lipinski definition) is 2. The van der Waals surface area contributed by atoms with Crippen LogP contribution in [0.4, 0.5) is 0 Å². The van der Waals surface area contributed by atoms with E-state index in [0.717, 1.165) is 17.7 Å². The van der Waals surface area contributed by atoms with E-state index in [2.05, 4.69) is 20.8 Å². The van der Waals surface area contributed by atoms with Crippen molar-refractivity contribution in [3.05, 3.63) is 11.3 Å². The van der Waals surface area contributed by atoms with Gasteiger partial charge in [0.05, 0.1) is 0 Å². The summed E-state index contributed by atoms with van der Waals surface area (Å²) in [6, 6.07) is 0. The third kappa shape index (κ3) is 2.74. The van der Waals surface area contributed by atoms with Crippen LogP contribution in [0.15, 0.2) is 11.3 Å². The molecular formula is C9H18N2. The molecule has 2 nitrogen and oxygen atoms in total. The van der Waals surface area contributed by atoms with Crippen molar-refractivity contribution in [2.24, 2.45) is 11.1 Å². The Balaban J connectivity index is 4.80. The molecule has 0 atom stereocenters. The summed E-state index contributed by atoms with van der Waals surface area (Å²) >= 11 is 0. The first-order chi connectivity index (χ1) is 4.93. The standard InChI is InChI=1S/C9H18N2/c1-5-8(11)7(6-10)9(2,3)4/h6,10H,5,11H2,1-4H3. The van der Waals surface area contributed by atoms with Crippen molar-refractivity contribution in [3.8, 4) is 0 Å². The quantitative estimate of drug-likeness (QED) is 0.589. The Kier molecular flexibility index (Phi) is 3.30. The summed E-state index contributed by atoms with van der Waals surface area (Å²) < 4.78 is 0. The molecule has 0 saturated heterocycles.